The SMILES string of the molecule is CCC(O)(CC)c1ccc([I+]c2ccccc2)cc1. The van der Waals surface area contributed by atoms with Gasteiger partial charge in [-0.15, -0.1) is 0 Å². The third-order valence-corrected chi connectivity index (χ3v) is 6.19. The molecule has 0 saturated heterocycles. The summed E-state index contributed by atoms with van der Waals surface area (Å²) in [7, 11) is 0. The van der Waals surface area contributed by atoms with Crippen molar-refractivity contribution in [1.29, 1.82) is 0 Å². The van der Waals surface area contributed by atoms with Gasteiger partial charge < -0.3 is 5.11 Å². The van der Waals surface area contributed by atoms with Crippen molar-refractivity contribution in [3.8, 4) is 0 Å². The molecule has 2 aromatic carbocycles. The summed E-state index contributed by atoms with van der Waals surface area (Å²) in [4.78, 5) is 0. The number of hydrogen-bond acceptors (Lipinski definition) is 1. The van der Waals surface area contributed by atoms with Crippen molar-refractivity contribution in [2.45, 2.75) is 32.3 Å². The Labute approximate surface area is 125 Å². The molecule has 0 spiro atoms. The average Bonchev–Trinajstić information content (AvgIpc) is 2.48. The Morgan fingerprint density at radius 1 is 0.842 bits per heavy atom. The van der Waals surface area contributed by atoms with Gasteiger partial charge in [0.2, 0.25) is 0 Å². The Kier molecular flexibility index (Phi) is 4.99. The molecule has 0 fully saturated rings. The van der Waals surface area contributed by atoms with E-state index in [9.17, 15) is 5.11 Å². The molecule has 0 saturated carbocycles. The van der Waals surface area contributed by atoms with Crippen molar-refractivity contribution in [2.24, 2.45) is 0 Å². The van der Waals surface area contributed by atoms with E-state index in [2.05, 4.69) is 54.6 Å². The van der Waals surface area contributed by atoms with Gasteiger partial charge in [0.05, 0.1) is 5.60 Å². The summed E-state index contributed by atoms with van der Waals surface area (Å²) in [6.07, 6.45) is 1.52. The van der Waals surface area contributed by atoms with Crippen LogP contribution in [0.3, 0.4) is 0 Å². The highest BCUT2D eigenvalue weighted by molar-refractivity contribution is 5.21. The molecule has 0 atom stereocenters. The topological polar surface area (TPSA) is 20.2 Å². The molecule has 1 nitrogen and oxygen atoms in total. The van der Waals surface area contributed by atoms with Crippen LogP contribution in [0.1, 0.15) is 32.3 Å². The van der Waals surface area contributed by atoms with Crippen molar-refractivity contribution >= 4 is 0 Å². The van der Waals surface area contributed by atoms with Gasteiger partial charge >= 0.3 is 21.2 Å². The fourth-order valence-electron chi connectivity index (χ4n) is 2.09. The summed E-state index contributed by atoms with van der Waals surface area (Å²) in [6.45, 7) is 4.07. The highest BCUT2D eigenvalue weighted by Crippen LogP contribution is 2.27. The summed E-state index contributed by atoms with van der Waals surface area (Å²) in [5.41, 5.74) is 0.377. The molecule has 100 valence electrons. The molecule has 0 heterocycles. The van der Waals surface area contributed by atoms with Gasteiger partial charge in [0.25, 0.3) is 0 Å². The first-order valence-corrected chi connectivity index (χ1v) is 8.86. The van der Waals surface area contributed by atoms with Gasteiger partial charge in [-0.1, -0.05) is 44.2 Å². The van der Waals surface area contributed by atoms with E-state index in [4.69, 9.17) is 0 Å². The Balaban J connectivity index is 2.15. The van der Waals surface area contributed by atoms with Crippen molar-refractivity contribution < 1.29 is 26.3 Å². The predicted octanol–water partition coefficient (Wildman–Crippen LogP) is 0.823. The van der Waals surface area contributed by atoms with E-state index in [1.165, 1.54) is 7.14 Å². The number of halogens is 1. The maximum absolute atomic E-state index is 10.5. The molecule has 0 aliphatic carbocycles. The number of aliphatic hydroxyl groups is 1. The standard InChI is InChI=1S/C17H20IO/c1-3-17(19,4-2)14-10-12-16(13-11-14)18-15-8-6-5-7-9-15/h5-13,19H,3-4H2,1-2H3/q+1. The van der Waals surface area contributed by atoms with Crippen LogP contribution in [0.4, 0.5) is 0 Å². The van der Waals surface area contributed by atoms with Crippen LogP contribution in [0.15, 0.2) is 54.6 Å². The molecule has 1 N–H and O–H groups in total. The minimum atomic E-state index is -0.663. The highest BCUT2D eigenvalue weighted by Gasteiger charge is 2.25. The van der Waals surface area contributed by atoms with Gasteiger partial charge in [0.1, 0.15) is 0 Å². The quantitative estimate of drug-likeness (QED) is 0.777. The van der Waals surface area contributed by atoms with E-state index in [0.29, 0.717) is 0 Å². The lowest BCUT2D eigenvalue weighted by Gasteiger charge is -2.25. The first-order valence-electron chi connectivity index (χ1n) is 6.70. The van der Waals surface area contributed by atoms with E-state index in [1.54, 1.807) is 0 Å². The van der Waals surface area contributed by atoms with Gasteiger partial charge in [0.15, 0.2) is 7.14 Å². The highest BCUT2D eigenvalue weighted by atomic mass is 127. The Morgan fingerprint density at radius 2 is 1.37 bits per heavy atom. The lowest BCUT2D eigenvalue weighted by Crippen LogP contribution is -3.61. The minimum absolute atomic E-state index is 0.111. The maximum atomic E-state index is 10.5. The average molecular weight is 367 g/mol. The lowest BCUT2D eigenvalue weighted by molar-refractivity contribution is -0.597. The zero-order valence-electron chi connectivity index (χ0n) is 11.4. The smallest absolute Gasteiger partial charge is 0.357 e. The molecule has 0 unspecified atom stereocenters. The fraction of sp³-hybridized carbons (Fsp3) is 0.294. The molecule has 0 bridgehead atoms. The lowest BCUT2D eigenvalue weighted by atomic mass is 9.89. The van der Waals surface area contributed by atoms with Gasteiger partial charge in [-0.05, 0) is 42.7 Å². The molecule has 19 heavy (non-hydrogen) atoms. The van der Waals surface area contributed by atoms with E-state index in [-0.39, 0.29) is 21.2 Å². The van der Waals surface area contributed by atoms with Crippen LogP contribution >= 0.6 is 0 Å². The monoisotopic (exact) mass is 367 g/mol. The zero-order valence-corrected chi connectivity index (χ0v) is 13.6. The molecule has 0 aromatic heterocycles. The fourth-order valence-corrected chi connectivity index (χ4v) is 4.30. The molecule has 2 rings (SSSR count). The van der Waals surface area contributed by atoms with Crippen molar-refractivity contribution in [3.63, 3.8) is 0 Å². The van der Waals surface area contributed by atoms with E-state index in [1.807, 2.05) is 13.8 Å². The minimum Gasteiger partial charge on any atom is -0.385 e. The Morgan fingerprint density at radius 3 is 1.89 bits per heavy atom. The van der Waals surface area contributed by atoms with Crippen LogP contribution in [-0.2, 0) is 5.60 Å². The first kappa shape index (κ1) is 14.5. The van der Waals surface area contributed by atoms with Gasteiger partial charge in [0, 0.05) is 0 Å². The van der Waals surface area contributed by atoms with Gasteiger partial charge in [-0.2, -0.15) is 0 Å². The Bertz CT molecular complexity index is 501. The second-order valence-electron chi connectivity index (χ2n) is 4.64. The largest absolute Gasteiger partial charge is 0.385 e. The molecule has 2 aromatic rings. The molecule has 0 aliphatic heterocycles. The summed E-state index contributed by atoms with van der Waals surface area (Å²) >= 11 is -0.111. The van der Waals surface area contributed by atoms with E-state index < -0.39 is 5.60 Å². The molecule has 0 radical (unpaired) electrons. The Hall–Kier alpha value is -0.870. The van der Waals surface area contributed by atoms with E-state index >= 15 is 0 Å². The number of rotatable bonds is 5. The van der Waals surface area contributed by atoms with Crippen LogP contribution in [0.2, 0.25) is 0 Å². The molecular weight excluding hydrogens is 347 g/mol. The van der Waals surface area contributed by atoms with Gasteiger partial charge in [-0.25, -0.2) is 0 Å². The zero-order chi connectivity index (χ0) is 13.7. The van der Waals surface area contributed by atoms with Crippen molar-refractivity contribution in [3.05, 3.63) is 67.3 Å². The van der Waals surface area contributed by atoms with Crippen molar-refractivity contribution in [2.75, 3.05) is 0 Å². The van der Waals surface area contributed by atoms with E-state index in [0.717, 1.165) is 18.4 Å². The van der Waals surface area contributed by atoms with Crippen LogP contribution in [0.5, 0.6) is 0 Å². The molecule has 2 heteroatoms. The van der Waals surface area contributed by atoms with Gasteiger partial charge in [-0.3, -0.25) is 0 Å². The number of hydrogen-bond donors (Lipinski definition) is 1. The predicted molar refractivity (Wildman–Crippen MR) is 74.8 cm³/mol. The molecule has 0 amide bonds. The molecule has 0 aliphatic rings. The summed E-state index contributed by atoms with van der Waals surface area (Å²) in [6, 6.07) is 19.1. The van der Waals surface area contributed by atoms with Crippen LogP contribution < -0.4 is 21.2 Å². The van der Waals surface area contributed by atoms with Crippen LogP contribution in [0, 0.1) is 7.14 Å². The third-order valence-electron chi connectivity index (χ3n) is 3.50. The maximum Gasteiger partial charge on any atom is 0.357 e. The summed E-state index contributed by atoms with van der Waals surface area (Å²) in [5, 5.41) is 10.5. The van der Waals surface area contributed by atoms with Crippen LogP contribution in [0.25, 0.3) is 0 Å². The normalized spacial score (nSPS) is 11.5. The summed E-state index contributed by atoms with van der Waals surface area (Å²) < 4.78 is 2.82. The third kappa shape index (κ3) is 3.57. The second-order valence-corrected chi connectivity index (χ2v) is 7.67. The first-order chi connectivity index (χ1) is 9.18. The summed E-state index contributed by atoms with van der Waals surface area (Å²) in [5.74, 6) is 0. The number of benzene rings is 2. The second kappa shape index (κ2) is 6.53. The van der Waals surface area contributed by atoms with Crippen molar-refractivity contribution in [1.82, 2.24) is 0 Å². The van der Waals surface area contributed by atoms with Crippen LogP contribution in [-0.4, -0.2) is 5.11 Å². The molecular formula is C17H20IO+.